The van der Waals surface area contributed by atoms with Crippen LogP contribution in [-0.2, 0) is 38.4 Å². The van der Waals surface area contributed by atoms with E-state index >= 15 is 8.63 Å². The number of aryl methyl sites for hydroxylation is 1. The smallest absolute Gasteiger partial charge is 0.395 e. The normalized spacial score (nSPS) is 12.8. The van der Waals surface area contributed by atoms with Gasteiger partial charge in [-0.15, -0.1) is 0 Å². The summed E-state index contributed by atoms with van der Waals surface area (Å²) in [5, 5.41) is 106. The molecule has 8 amide bonds. The third-order valence-corrected chi connectivity index (χ3v) is 15.3. The topological polar surface area (TPSA) is 439 Å². The van der Waals surface area contributed by atoms with Crippen molar-refractivity contribution in [3.05, 3.63) is 129 Å². The van der Waals surface area contributed by atoms with E-state index in [0.717, 1.165) is 8.96 Å². The van der Waals surface area contributed by atoms with Crippen LogP contribution in [0.4, 0.5) is 31.4 Å². The zero-order chi connectivity index (χ0) is 72.9. The van der Waals surface area contributed by atoms with E-state index in [1.807, 2.05) is 0 Å². The summed E-state index contributed by atoms with van der Waals surface area (Å²) in [6.07, 6.45) is 7.45. The van der Waals surface area contributed by atoms with Crippen molar-refractivity contribution in [3.8, 4) is 6.07 Å². The number of halogens is 2. The highest BCUT2D eigenvalue weighted by atomic mass is 19.2. The molecule has 0 fully saturated rings. The number of aromatic nitrogens is 1. The fourth-order valence-electron chi connectivity index (χ4n) is 11.1. The number of allylic oxidation sites excluding steroid dienone is 3. The van der Waals surface area contributed by atoms with Crippen LogP contribution in [0.15, 0.2) is 90.2 Å². The molecule has 4 aromatic rings. The maximum Gasteiger partial charge on any atom is 0.737 e. The highest BCUT2D eigenvalue weighted by Crippen LogP contribution is 2.44. The van der Waals surface area contributed by atoms with Crippen LogP contribution in [0.3, 0.4) is 0 Å². The lowest BCUT2D eigenvalue weighted by atomic mass is 9.84. The fourth-order valence-corrected chi connectivity index (χ4v) is 11.1. The molecule has 34 heteroatoms. The number of nitrogens with one attached hydrogen (secondary N) is 8. The summed E-state index contributed by atoms with van der Waals surface area (Å²) < 4.78 is 39.1. The van der Waals surface area contributed by atoms with Crippen molar-refractivity contribution in [2.75, 3.05) is 177 Å². The predicted octanol–water partition coefficient (Wildman–Crippen LogP) is -3.95. The van der Waals surface area contributed by atoms with Crippen LogP contribution in [0.2, 0.25) is 0 Å². The summed E-state index contributed by atoms with van der Waals surface area (Å²) in [6.45, 7) is -10.7. The number of aliphatic hydroxyl groups excluding tert-OH is 8. The number of benzene rings is 3. The van der Waals surface area contributed by atoms with E-state index in [1.54, 1.807) is 50.3 Å². The second kappa shape index (κ2) is 39.3. The van der Waals surface area contributed by atoms with E-state index in [2.05, 4.69) is 48.6 Å². The van der Waals surface area contributed by atoms with Crippen LogP contribution in [0.25, 0.3) is 23.8 Å². The number of anilines is 4. The molecule has 538 valence electrons. The summed E-state index contributed by atoms with van der Waals surface area (Å²) in [5.74, 6) is -5.29. The second-order valence-corrected chi connectivity index (χ2v) is 22.8. The van der Waals surface area contributed by atoms with E-state index in [0.29, 0.717) is 22.3 Å². The molecule has 0 spiro atoms. The zero-order valence-corrected chi connectivity index (χ0v) is 55.5. The molecule has 0 atom stereocenters. The number of amides is 8. The van der Waals surface area contributed by atoms with E-state index < -0.39 is 159 Å². The van der Waals surface area contributed by atoms with Gasteiger partial charge in [0.1, 0.15) is 0 Å². The first-order valence-corrected chi connectivity index (χ1v) is 32.1. The summed E-state index contributed by atoms with van der Waals surface area (Å²) in [7, 11) is 0. The van der Waals surface area contributed by atoms with Crippen molar-refractivity contribution in [2.24, 2.45) is 0 Å². The van der Waals surface area contributed by atoms with E-state index in [4.69, 9.17) is 0 Å². The molecule has 0 radical (unpaired) electrons. The van der Waals surface area contributed by atoms with E-state index in [9.17, 15) is 84.5 Å². The Bertz CT molecular complexity index is 3690. The van der Waals surface area contributed by atoms with E-state index in [-0.39, 0.29) is 115 Å². The molecule has 2 aliphatic rings. The Morgan fingerprint density at radius 3 is 1.10 bits per heavy atom. The van der Waals surface area contributed by atoms with Crippen LogP contribution in [0.5, 0.6) is 0 Å². The molecule has 0 saturated heterocycles. The number of fused-ring (bicyclic) bond motifs is 2. The van der Waals surface area contributed by atoms with Gasteiger partial charge in [-0.2, -0.15) is 5.26 Å². The van der Waals surface area contributed by atoms with Gasteiger partial charge in [-0.1, -0.05) is 30.3 Å². The first-order chi connectivity index (χ1) is 48.1. The lowest BCUT2D eigenvalue weighted by Crippen LogP contribution is -2.51. The van der Waals surface area contributed by atoms with Crippen LogP contribution in [0, 0.1) is 18.3 Å². The molecule has 6 rings (SSSR count). The molecule has 16 N–H and O–H groups in total. The molecule has 3 aromatic carbocycles. The van der Waals surface area contributed by atoms with Gasteiger partial charge in [0.15, 0.2) is 11.4 Å². The Morgan fingerprint density at radius 2 is 0.780 bits per heavy atom. The largest absolute Gasteiger partial charge is 0.737 e. The number of rotatable bonds is 41. The minimum Gasteiger partial charge on any atom is -0.395 e. The SMILES string of the molecule is CC1=CC2=C(c3ccc(C#N)cc3)c3c(C)cc(/C=C/c4ccc(N(CC(=O)NCCO)CC(=O)NCCO)c(N(CC(=O)NCCO)CC(=O)NCCO)c4)n3[B-](F)(F)[N+]2=C1/C=C/c1ccc(N(CC(=O)NCCO)CC(=O)NCCO)c(N(CC(=O)NCCO)CC(=O)NCCO)c1. The number of aliphatic hydroxyl groups is 8. The molecule has 2 aliphatic heterocycles. The maximum absolute atomic E-state index is 18.6. The van der Waals surface area contributed by atoms with Gasteiger partial charge >= 0.3 is 6.97 Å². The number of nitriles is 1. The zero-order valence-electron chi connectivity index (χ0n) is 55.5. The molecule has 3 heterocycles. The predicted molar refractivity (Wildman–Crippen MR) is 369 cm³/mol. The lowest BCUT2D eigenvalue weighted by molar-refractivity contribution is -0.360. The van der Waals surface area contributed by atoms with Gasteiger partial charge in [0.2, 0.25) is 47.3 Å². The monoisotopic (exact) mass is 1390 g/mol. The van der Waals surface area contributed by atoms with Crippen LogP contribution in [-0.4, -0.2) is 267 Å². The van der Waals surface area contributed by atoms with Crippen LogP contribution >= 0.6 is 0 Å². The first-order valence-electron chi connectivity index (χ1n) is 32.1. The molecular formula is C66H86BF2N15O16. The quantitative estimate of drug-likeness (QED) is 0.0189. The lowest BCUT2D eigenvalue weighted by Gasteiger charge is -2.33. The number of hydrogen-bond donors (Lipinski definition) is 16. The minimum absolute atomic E-state index is 0.000991. The number of hydrogen-bond acceptors (Lipinski definition) is 21. The second-order valence-electron chi connectivity index (χ2n) is 22.8. The van der Waals surface area contributed by atoms with Gasteiger partial charge in [0.25, 0.3) is 0 Å². The number of carbonyl (C=O) groups excluding carboxylic acids is 8. The molecule has 0 bridgehead atoms. The molecular weight excluding hydrogens is 1310 g/mol. The molecule has 0 saturated carbocycles. The highest BCUT2D eigenvalue weighted by Gasteiger charge is 2.55. The van der Waals surface area contributed by atoms with Crippen molar-refractivity contribution >= 4 is 106 Å². The van der Waals surface area contributed by atoms with Crippen molar-refractivity contribution in [3.63, 3.8) is 0 Å². The Morgan fingerprint density at radius 1 is 0.460 bits per heavy atom. The van der Waals surface area contributed by atoms with E-state index in [1.165, 1.54) is 80.3 Å². The van der Waals surface area contributed by atoms with Gasteiger partial charge in [0.05, 0.1) is 145 Å². The summed E-state index contributed by atoms with van der Waals surface area (Å²) >= 11 is 0. The molecule has 0 aliphatic carbocycles. The Balaban J connectivity index is 1.60. The minimum atomic E-state index is -4.94. The fraction of sp³-hybridized carbons (Fsp3) is 0.394. The molecule has 1 aromatic heterocycles. The average Bonchev–Trinajstić information content (AvgIpc) is 1.52. The summed E-state index contributed by atoms with van der Waals surface area (Å²) in [5.41, 5.74) is 2.93. The summed E-state index contributed by atoms with van der Waals surface area (Å²) in [6, 6.07) is 19.0. The van der Waals surface area contributed by atoms with Gasteiger partial charge < -0.3 is 121 Å². The summed E-state index contributed by atoms with van der Waals surface area (Å²) in [4.78, 5) is 113. The first kappa shape index (κ1) is 78.6. The Hall–Kier alpha value is -10.4. The third kappa shape index (κ3) is 21.8. The number of carbonyl (C=O) groups is 8. The Labute approximate surface area is 575 Å². The van der Waals surface area contributed by atoms with Gasteiger partial charge in [-0.05, 0) is 90.7 Å². The molecule has 31 nitrogen and oxygen atoms in total. The molecule has 100 heavy (non-hydrogen) atoms. The van der Waals surface area contributed by atoms with Gasteiger partial charge in [-0.25, -0.2) is 0 Å². The highest BCUT2D eigenvalue weighted by molar-refractivity contribution is 6.59. The van der Waals surface area contributed by atoms with Crippen molar-refractivity contribution in [1.29, 1.82) is 5.26 Å². The van der Waals surface area contributed by atoms with Crippen molar-refractivity contribution in [2.45, 2.75) is 13.8 Å². The van der Waals surface area contributed by atoms with Gasteiger partial charge in [-0.3, -0.25) is 38.4 Å². The third-order valence-electron chi connectivity index (χ3n) is 15.3. The Kier molecular flexibility index (Phi) is 30.9. The average molecular weight is 1390 g/mol. The molecule has 0 unspecified atom stereocenters. The number of nitrogens with zero attached hydrogens (tertiary/aromatic N) is 7. The van der Waals surface area contributed by atoms with Crippen LogP contribution in [0.1, 0.15) is 46.1 Å². The van der Waals surface area contributed by atoms with Gasteiger partial charge in [0, 0.05) is 81.5 Å². The van der Waals surface area contributed by atoms with Crippen molar-refractivity contribution < 1.29 is 92.3 Å². The maximum atomic E-state index is 18.6. The van der Waals surface area contributed by atoms with Crippen LogP contribution < -0.4 is 62.1 Å². The van der Waals surface area contributed by atoms with Crippen molar-refractivity contribution in [1.82, 2.24) is 47.0 Å². The standard InChI is InChI=1S/C66H86BF2N15O16/c1-44-32-56-65(49-9-3-48(35-70)4-10-49)66-45(2)31-50(11-5-46-7-13-52(79(36-57(93)71-15-23-85)37-58(94)72-16-24-86)54(33-46)81(40-61(97)75-19-27-89)41-62(98)76-20-28-90)83(66)67(68,69)84(56)51(44)12-6-47-8-14-53(80(38-59(95)73-17-25-87)39-60(96)74-18-26-88)55(34-47)82(42-63(99)77-21-29-91)43-64(100)78-22-30-92/h3-14,31-34,85-92H,15-30,36-43H2,1-2H3,(H,71,93)(H,72,94)(H,73,95)(H,74,96)(H,75,97)(H,76,98)(H,77,99)(H,78,100)/b11-5+,12-6+.